The largest absolute Gasteiger partial charge is 0.445 e. The van der Waals surface area contributed by atoms with Gasteiger partial charge in [0.05, 0.1) is 31.8 Å². The van der Waals surface area contributed by atoms with E-state index in [-0.39, 0.29) is 44.3 Å². The third kappa shape index (κ3) is 9.18. The Kier molecular flexibility index (Phi) is 11.6. The molecule has 2 fully saturated rings. The van der Waals surface area contributed by atoms with Crippen molar-refractivity contribution in [2.24, 2.45) is 0 Å². The van der Waals surface area contributed by atoms with E-state index in [2.05, 4.69) is 15.5 Å². The number of hydrogen-bond acceptors (Lipinski definition) is 11. The first-order valence-corrected chi connectivity index (χ1v) is 19.1. The van der Waals surface area contributed by atoms with Crippen molar-refractivity contribution in [1.29, 1.82) is 0 Å². The molecular weight excluding hydrogens is 713 g/mol. The third-order valence-corrected chi connectivity index (χ3v) is 11.1. The summed E-state index contributed by atoms with van der Waals surface area (Å²) in [5.74, 6) is -0.155. The van der Waals surface area contributed by atoms with E-state index in [1.165, 1.54) is 4.90 Å². The SMILES string of the molecule is Cc1nnc(SC[C@H]2C[C@@H](c3ccc(CO)cc3)O[C@@H](c3cccc(-c4cccc(CN5C(=O)CC(NC(=O)OCc6ccccc6)C5=O)c4)c3)O2)s1. The van der Waals surface area contributed by atoms with Gasteiger partial charge in [0.1, 0.15) is 17.7 Å². The van der Waals surface area contributed by atoms with Gasteiger partial charge in [-0.05, 0) is 52.4 Å². The lowest BCUT2D eigenvalue weighted by Gasteiger charge is -2.36. The average Bonchev–Trinajstić information content (AvgIpc) is 3.73. The molecule has 2 aliphatic rings. The Balaban J connectivity index is 1.03. The zero-order valence-electron chi connectivity index (χ0n) is 28.9. The quantitative estimate of drug-likeness (QED) is 0.102. The van der Waals surface area contributed by atoms with Crippen molar-refractivity contribution in [2.75, 3.05) is 5.75 Å². The molecule has 2 saturated heterocycles. The number of ether oxygens (including phenoxy) is 3. The fourth-order valence-electron chi connectivity index (χ4n) is 6.29. The highest BCUT2D eigenvalue weighted by Gasteiger charge is 2.40. The number of amides is 3. The number of nitrogens with zero attached hydrogens (tertiary/aromatic N) is 3. The highest BCUT2D eigenvalue weighted by molar-refractivity contribution is 8.01. The van der Waals surface area contributed by atoms with E-state index in [0.717, 1.165) is 48.3 Å². The minimum atomic E-state index is -0.984. The van der Waals surface area contributed by atoms with E-state index >= 15 is 0 Å². The number of carbonyl (C=O) groups excluding carboxylic acids is 3. The van der Waals surface area contributed by atoms with Crippen molar-refractivity contribution in [3.05, 3.63) is 136 Å². The van der Waals surface area contributed by atoms with Gasteiger partial charge < -0.3 is 24.6 Å². The molecule has 1 unspecified atom stereocenters. The lowest BCUT2D eigenvalue weighted by molar-refractivity contribution is -0.245. The molecule has 11 nitrogen and oxygen atoms in total. The number of carbonyl (C=O) groups is 3. The van der Waals surface area contributed by atoms with Crippen molar-refractivity contribution in [1.82, 2.24) is 20.4 Å². The summed E-state index contributed by atoms with van der Waals surface area (Å²) in [5, 5.41) is 21.4. The number of aliphatic hydroxyl groups is 1. The zero-order valence-corrected chi connectivity index (χ0v) is 30.6. The molecule has 4 aromatic carbocycles. The fourth-order valence-corrected chi connectivity index (χ4v) is 8.15. The molecule has 53 heavy (non-hydrogen) atoms. The van der Waals surface area contributed by atoms with Crippen LogP contribution in [0.25, 0.3) is 11.1 Å². The van der Waals surface area contributed by atoms with Gasteiger partial charge in [0.2, 0.25) is 5.91 Å². The summed E-state index contributed by atoms with van der Waals surface area (Å²) >= 11 is 3.18. The summed E-state index contributed by atoms with van der Waals surface area (Å²) in [4.78, 5) is 39.7. The van der Waals surface area contributed by atoms with Gasteiger partial charge in [-0.3, -0.25) is 14.5 Å². The van der Waals surface area contributed by atoms with Crippen LogP contribution in [0.2, 0.25) is 0 Å². The number of benzene rings is 4. The molecule has 0 spiro atoms. The predicted octanol–water partition coefficient (Wildman–Crippen LogP) is 6.90. The number of alkyl carbamates (subject to hydrolysis) is 1. The molecule has 4 atom stereocenters. The number of rotatable bonds is 12. The van der Waals surface area contributed by atoms with Crippen LogP contribution in [0.3, 0.4) is 0 Å². The van der Waals surface area contributed by atoms with Crippen LogP contribution in [-0.4, -0.2) is 56.0 Å². The van der Waals surface area contributed by atoms with Crippen LogP contribution in [0.4, 0.5) is 4.79 Å². The molecular formula is C40H38N4O7S2. The number of aryl methyl sites for hydroxylation is 1. The van der Waals surface area contributed by atoms with Crippen LogP contribution >= 0.6 is 23.1 Å². The van der Waals surface area contributed by atoms with Crippen molar-refractivity contribution < 1.29 is 33.7 Å². The van der Waals surface area contributed by atoms with Crippen molar-refractivity contribution in [3.63, 3.8) is 0 Å². The maximum absolute atomic E-state index is 13.2. The molecule has 2 N–H and O–H groups in total. The van der Waals surface area contributed by atoms with E-state index in [1.807, 2.05) is 110 Å². The van der Waals surface area contributed by atoms with Gasteiger partial charge in [-0.25, -0.2) is 4.79 Å². The Bertz CT molecular complexity index is 2060. The summed E-state index contributed by atoms with van der Waals surface area (Å²) in [6.07, 6.45) is -1.22. The van der Waals surface area contributed by atoms with Gasteiger partial charge in [-0.15, -0.1) is 10.2 Å². The molecule has 272 valence electrons. The van der Waals surface area contributed by atoms with Gasteiger partial charge in [0, 0.05) is 17.7 Å². The van der Waals surface area contributed by atoms with Crippen molar-refractivity contribution in [3.8, 4) is 11.1 Å². The highest BCUT2D eigenvalue weighted by Crippen LogP contribution is 2.40. The van der Waals surface area contributed by atoms with Gasteiger partial charge in [0.25, 0.3) is 5.91 Å². The Hall–Kier alpha value is -4.92. The number of thioether (sulfide) groups is 1. The normalized spacial score (nSPS) is 20.1. The molecule has 0 saturated carbocycles. The van der Waals surface area contributed by atoms with Crippen molar-refractivity contribution in [2.45, 2.75) is 68.4 Å². The first kappa shape index (κ1) is 36.4. The maximum atomic E-state index is 13.2. The van der Waals surface area contributed by atoms with E-state index < -0.39 is 24.3 Å². The first-order chi connectivity index (χ1) is 25.8. The number of hydrogen-bond donors (Lipinski definition) is 2. The summed E-state index contributed by atoms with van der Waals surface area (Å²) in [7, 11) is 0. The van der Waals surface area contributed by atoms with Crippen LogP contribution in [0.5, 0.6) is 0 Å². The third-order valence-electron chi connectivity index (χ3n) is 9.02. The Morgan fingerprint density at radius 1 is 0.906 bits per heavy atom. The predicted molar refractivity (Wildman–Crippen MR) is 199 cm³/mol. The molecule has 0 radical (unpaired) electrons. The molecule has 13 heteroatoms. The van der Waals surface area contributed by atoms with Gasteiger partial charge in [-0.2, -0.15) is 0 Å². The molecule has 5 aromatic rings. The lowest BCUT2D eigenvalue weighted by atomic mass is 9.99. The maximum Gasteiger partial charge on any atom is 0.408 e. The van der Waals surface area contributed by atoms with Crippen LogP contribution in [0, 0.1) is 6.92 Å². The minimum absolute atomic E-state index is 0.0273. The highest BCUT2D eigenvalue weighted by atomic mass is 32.2. The summed E-state index contributed by atoms with van der Waals surface area (Å²) in [5.41, 5.74) is 6.09. The molecule has 0 bridgehead atoms. The van der Waals surface area contributed by atoms with E-state index in [4.69, 9.17) is 14.2 Å². The molecule has 3 heterocycles. The minimum Gasteiger partial charge on any atom is -0.445 e. The van der Waals surface area contributed by atoms with Gasteiger partial charge >= 0.3 is 6.09 Å². The van der Waals surface area contributed by atoms with Crippen LogP contribution in [-0.2, 0) is 43.6 Å². The number of imide groups is 1. The molecule has 0 aliphatic carbocycles. The van der Waals surface area contributed by atoms with E-state index in [1.54, 1.807) is 23.1 Å². The number of likely N-dealkylation sites (tertiary alicyclic amines) is 1. The second-order valence-corrected chi connectivity index (χ2v) is 15.3. The number of aliphatic hydroxyl groups excluding tert-OH is 1. The Labute approximate surface area is 315 Å². The van der Waals surface area contributed by atoms with E-state index in [0.29, 0.717) is 12.2 Å². The molecule has 3 amide bonds. The summed E-state index contributed by atoms with van der Waals surface area (Å²) in [6.45, 7) is 2.04. The number of aromatic nitrogens is 2. The standard InChI is InChI=1S/C40H38N4O7S2/c1-25-42-43-40(53-25)52-24-33-19-35(29-15-13-26(22-45)14-16-29)51-38(50-33)32-12-6-11-31(18-32)30-10-5-9-28(17-30)21-44-36(46)20-34(37(44)47)41-39(48)49-23-27-7-3-2-4-8-27/h2-18,33-35,38,45H,19-24H2,1H3,(H,41,48)/t33-,34?,35+,38+/m1/s1. The van der Waals surface area contributed by atoms with Crippen LogP contribution in [0.15, 0.2) is 107 Å². The van der Waals surface area contributed by atoms with Crippen LogP contribution in [0.1, 0.15) is 58.1 Å². The second kappa shape index (κ2) is 16.8. The zero-order chi connectivity index (χ0) is 36.7. The lowest BCUT2D eigenvalue weighted by Crippen LogP contribution is -2.41. The van der Waals surface area contributed by atoms with Gasteiger partial charge in [-0.1, -0.05) is 114 Å². The number of nitrogens with one attached hydrogen (secondary N) is 1. The smallest absolute Gasteiger partial charge is 0.408 e. The topological polar surface area (TPSA) is 140 Å². The first-order valence-electron chi connectivity index (χ1n) is 17.3. The summed E-state index contributed by atoms with van der Waals surface area (Å²) in [6, 6.07) is 31.7. The van der Waals surface area contributed by atoms with Crippen molar-refractivity contribution >= 4 is 41.0 Å². The fraction of sp³-hybridized carbons (Fsp3) is 0.275. The molecule has 2 aliphatic heterocycles. The Morgan fingerprint density at radius 3 is 2.42 bits per heavy atom. The monoisotopic (exact) mass is 750 g/mol. The summed E-state index contributed by atoms with van der Waals surface area (Å²) < 4.78 is 19.3. The Morgan fingerprint density at radius 2 is 1.66 bits per heavy atom. The van der Waals surface area contributed by atoms with E-state index in [9.17, 15) is 19.5 Å². The molecule has 1 aromatic heterocycles. The van der Waals surface area contributed by atoms with Crippen LogP contribution < -0.4 is 5.32 Å². The molecule has 7 rings (SSSR count). The second-order valence-electron chi connectivity index (χ2n) is 12.9. The average molecular weight is 751 g/mol. The van der Waals surface area contributed by atoms with Gasteiger partial charge in [0.15, 0.2) is 10.6 Å².